The van der Waals surface area contributed by atoms with Gasteiger partial charge in [0.2, 0.25) is 11.7 Å². The molecule has 0 bridgehead atoms. The van der Waals surface area contributed by atoms with E-state index in [1.807, 2.05) is 91.0 Å². The molecule has 5 N–H and O–H groups in total. The largest absolute Gasteiger partial charge is 0.380 e. The van der Waals surface area contributed by atoms with Gasteiger partial charge in [-0.1, -0.05) is 91.0 Å². The van der Waals surface area contributed by atoms with Crippen LogP contribution in [0.4, 0.5) is 11.8 Å². The van der Waals surface area contributed by atoms with E-state index in [-0.39, 0.29) is 36.3 Å². The maximum Gasteiger partial charge on any atom is 0.245 e. The SMILES string of the molecule is C[C@]1(OCc2ccccc2)C(O)(c2cnc3c(N)nc(N)nn23)O[C@@H]2C(OCc3ccccc3)[C@@]21OCc1ccccc1. The molecule has 0 amide bonds. The van der Waals surface area contributed by atoms with Crippen LogP contribution in [0.15, 0.2) is 97.2 Å². The lowest BCUT2D eigenvalue weighted by molar-refractivity contribution is -0.325. The van der Waals surface area contributed by atoms with E-state index in [1.165, 1.54) is 10.7 Å². The quantitative estimate of drug-likeness (QED) is 0.224. The van der Waals surface area contributed by atoms with Gasteiger partial charge in [-0.3, -0.25) is 0 Å². The van der Waals surface area contributed by atoms with Gasteiger partial charge in [0.1, 0.15) is 17.9 Å². The van der Waals surface area contributed by atoms with Crippen molar-refractivity contribution in [2.75, 3.05) is 11.5 Å². The van der Waals surface area contributed by atoms with Crippen LogP contribution in [0.2, 0.25) is 0 Å². The van der Waals surface area contributed by atoms with E-state index >= 15 is 0 Å². The van der Waals surface area contributed by atoms with Crippen molar-refractivity contribution in [1.82, 2.24) is 19.6 Å². The van der Waals surface area contributed by atoms with Gasteiger partial charge in [0, 0.05) is 0 Å². The van der Waals surface area contributed by atoms with E-state index in [9.17, 15) is 5.11 Å². The Hall–Kier alpha value is -4.39. The van der Waals surface area contributed by atoms with Gasteiger partial charge in [-0.15, -0.1) is 5.10 Å². The predicted octanol–water partition coefficient (Wildman–Crippen LogP) is 3.36. The van der Waals surface area contributed by atoms with Gasteiger partial charge in [0.25, 0.3) is 0 Å². The number of nitrogen functional groups attached to an aromatic ring is 2. The third-order valence-electron chi connectivity index (χ3n) is 8.42. The Labute approximate surface area is 248 Å². The van der Waals surface area contributed by atoms with Gasteiger partial charge in [0.15, 0.2) is 22.7 Å². The highest BCUT2D eigenvalue weighted by Crippen LogP contribution is 2.67. The van der Waals surface area contributed by atoms with Crippen LogP contribution >= 0.6 is 0 Å². The number of aliphatic hydroxyl groups is 1. The van der Waals surface area contributed by atoms with Gasteiger partial charge < -0.3 is 35.5 Å². The molecular formula is C32H32N6O5. The van der Waals surface area contributed by atoms with E-state index in [4.69, 9.17) is 30.4 Å². The number of nitrogens with zero attached hydrogens (tertiary/aromatic N) is 4. The van der Waals surface area contributed by atoms with Crippen molar-refractivity contribution in [3.05, 3.63) is 120 Å². The highest BCUT2D eigenvalue weighted by molar-refractivity contribution is 5.61. The lowest BCUT2D eigenvalue weighted by Crippen LogP contribution is -2.60. The number of fused-ring (bicyclic) bond motifs is 2. The molecule has 220 valence electrons. The van der Waals surface area contributed by atoms with E-state index in [0.29, 0.717) is 6.61 Å². The summed E-state index contributed by atoms with van der Waals surface area (Å²) in [6.07, 6.45) is 0.202. The molecule has 11 heteroatoms. The fourth-order valence-corrected chi connectivity index (χ4v) is 6.08. The zero-order valence-electron chi connectivity index (χ0n) is 23.5. The summed E-state index contributed by atoms with van der Waals surface area (Å²) in [5, 5.41) is 16.9. The number of hydrogen-bond acceptors (Lipinski definition) is 10. The van der Waals surface area contributed by atoms with Crippen molar-refractivity contribution in [2.24, 2.45) is 0 Å². The summed E-state index contributed by atoms with van der Waals surface area (Å²) in [7, 11) is 0. The number of nitrogens with two attached hydrogens (primary N) is 2. The van der Waals surface area contributed by atoms with E-state index in [0.717, 1.165) is 16.7 Å². The molecule has 2 unspecified atom stereocenters. The van der Waals surface area contributed by atoms with Crippen molar-refractivity contribution in [3.63, 3.8) is 0 Å². The first-order chi connectivity index (χ1) is 20.9. The van der Waals surface area contributed by atoms with E-state index in [1.54, 1.807) is 6.92 Å². The smallest absolute Gasteiger partial charge is 0.245 e. The summed E-state index contributed by atoms with van der Waals surface area (Å²) < 4.78 is 27.8. The molecule has 2 fully saturated rings. The molecule has 43 heavy (non-hydrogen) atoms. The molecule has 5 atom stereocenters. The second-order valence-corrected chi connectivity index (χ2v) is 11.0. The number of rotatable bonds is 10. The maximum atomic E-state index is 12.6. The van der Waals surface area contributed by atoms with Gasteiger partial charge >= 0.3 is 0 Å². The normalized spacial score (nSPS) is 27.8. The van der Waals surface area contributed by atoms with E-state index in [2.05, 4.69) is 15.1 Å². The van der Waals surface area contributed by atoms with Gasteiger partial charge in [-0.2, -0.15) is 4.98 Å². The Morgan fingerprint density at radius 3 is 2.00 bits per heavy atom. The molecular weight excluding hydrogens is 548 g/mol. The van der Waals surface area contributed by atoms with Gasteiger partial charge in [0.05, 0.1) is 26.0 Å². The molecule has 3 heterocycles. The first-order valence-corrected chi connectivity index (χ1v) is 14.0. The third kappa shape index (κ3) is 4.36. The molecule has 2 aliphatic rings. The molecule has 1 aliphatic heterocycles. The highest BCUT2D eigenvalue weighted by atomic mass is 16.7. The first kappa shape index (κ1) is 27.4. The second-order valence-electron chi connectivity index (χ2n) is 11.0. The maximum absolute atomic E-state index is 12.6. The summed E-state index contributed by atoms with van der Waals surface area (Å²) in [5.41, 5.74) is 12.5. The summed E-state index contributed by atoms with van der Waals surface area (Å²) in [5.74, 6) is -2.11. The van der Waals surface area contributed by atoms with Crippen LogP contribution in [0, 0.1) is 0 Å². The monoisotopic (exact) mass is 580 g/mol. The Bertz CT molecular complexity index is 1740. The number of aromatic nitrogens is 4. The minimum absolute atomic E-state index is 0.0662. The molecule has 1 aliphatic carbocycles. The van der Waals surface area contributed by atoms with Crippen molar-refractivity contribution >= 4 is 17.4 Å². The summed E-state index contributed by atoms with van der Waals surface area (Å²) in [6.45, 7) is 2.50. The molecule has 1 saturated carbocycles. The van der Waals surface area contributed by atoms with Crippen LogP contribution < -0.4 is 11.5 Å². The lowest BCUT2D eigenvalue weighted by Gasteiger charge is -2.44. The van der Waals surface area contributed by atoms with Gasteiger partial charge in [-0.25, -0.2) is 9.50 Å². The Kier molecular flexibility index (Phi) is 6.64. The summed E-state index contributed by atoms with van der Waals surface area (Å²) in [6, 6.07) is 29.3. The van der Waals surface area contributed by atoms with Crippen LogP contribution in [0.3, 0.4) is 0 Å². The average Bonchev–Trinajstić information content (AvgIpc) is 3.30. The molecule has 7 rings (SSSR count). The minimum Gasteiger partial charge on any atom is -0.380 e. The average molecular weight is 581 g/mol. The molecule has 1 saturated heterocycles. The first-order valence-electron chi connectivity index (χ1n) is 14.0. The van der Waals surface area contributed by atoms with Crippen molar-refractivity contribution in [2.45, 2.75) is 55.9 Å². The molecule has 5 aromatic rings. The molecule has 0 radical (unpaired) electrons. The minimum atomic E-state index is -2.09. The topological polar surface area (TPSA) is 152 Å². The summed E-state index contributed by atoms with van der Waals surface area (Å²) >= 11 is 0. The molecule has 11 nitrogen and oxygen atoms in total. The molecule has 3 aromatic carbocycles. The van der Waals surface area contributed by atoms with Gasteiger partial charge in [-0.05, 0) is 23.6 Å². The number of hydrogen-bond donors (Lipinski definition) is 3. The Morgan fingerprint density at radius 2 is 1.40 bits per heavy atom. The summed E-state index contributed by atoms with van der Waals surface area (Å²) in [4.78, 5) is 8.38. The number of ether oxygens (including phenoxy) is 4. The Morgan fingerprint density at radius 1 is 0.837 bits per heavy atom. The van der Waals surface area contributed by atoms with E-state index < -0.39 is 29.2 Å². The third-order valence-corrected chi connectivity index (χ3v) is 8.42. The van der Waals surface area contributed by atoms with Crippen molar-refractivity contribution in [1.29, 1.82) is 0 Å². The standard InChI is InChI=1S/C32H32N6O5/c1-30(41-19-22-13-7-3-8-14-22)31(42-20-23-15-9-4-10-16-23)25(40-18-21-11-5-2-6-12-21)26(31)43-32(30,39)24-17-35-28-27(33)36-29(34)37-38(24)28/h2-17,25-26,39H,18-20H2,1H3,(H4,33,34,36,37)/t25?,26-,30-,31-,32?/m1/s1. The van der Waals surface area contributed by atoms with Crippen LogP contribution in [0.1, 0.15) is 29.3 Å². The predicted molar refractivity (Wildman–Crippen MR) is 157 cm³/mol. The lowest BCUT2D eigenvalue weighted by atomic mass is 9.85. The zero-order valence-corrected chi connectivity index (χ0v) is 23.5. The number of imidazole rings is 1. The zero-order chi connectivity index (χ0) is 29.7. The molecule has 2 aromatic heterocycles. The van der Waals surface area contributed by atoms with Crippen LogP contribution in [0.5, 0.6) is 0 Å². The number of benzene rings is 3. The molecule has 0 spiro atoms. The van der Waals surface area contributed by atoms with Crippen LogP contribution in [-0.2, 0) is 44.6 Å². The Balaban J connectivity index is 1.32. The van der Waals surface area contributed by atoms with Crippen molar-refractivity contribution in [3.8, 4) is 0 Å². The van der Waals surface area contributed by atoms with Crippen molar-refractivity contribution < 1.29 is 24.1 Å². The fraction of sp³-hybridized carbons (Fsp3) is 0.281. The second kappa shape index (κ2) is 10.4. The number of anilines is 2. The van der Waals surface area contributed by atoms with Crippen LogP contribution in [-0.4, -0.2) is 48.1 Å². The fourth-order valence-electron chi connectivity index (χ4n) is 6.08. The highest BCUT2D eigenvalue weighted by Gasteiger charge is 2.90. The van der Waals surface area contributed by atoms with Crippen LogP contribution in [0.25, 0.3) is 5.65 Å².